The summed E-state index contributed by atoms with van der Waals surface area (Å²) in [6.07, 6.45) is 20.2. The van der Waals surface area contributed by atoms with Crippen LogP contribution < -0.4 is 0 Å². The summed E-state index contributed by atoms with van der Waals surface area (Å²) in [7, 11) is 0. The first-order chi connectivity index (χ1) is 13.6. The Morgan fingerprint density at radius 3 is 1.18 bits per heavy atom. The van der Waals surface area contributed by atoms with Crippen molar-refractivity contribution in [3.8, 4) is 0 Å². The molecule has 0 aromatic carbocycles. The molecule has 0 rings (SSSR count). The summed E-state index contributed by atoms with van der Waals surface area (Å²) in [5.41, 5.74) is 0. The van der Waals surface area contributed by atoms with Gasteiger partial charge >= 0.3 is 11.9 Å². The molecule has 0 bridgehead atoms. The standard InChI is InChI=1S/C24H46O4/c1-4-7-8-9-10-11-12-13-14-15-16-17-18-19-20-21-24(27-22(25)5-2)28-23(26)6-3/h24H,4-21H2,1-3H3. The van der Waals surface area contributed by atoms with Crippen LogP contribution >= 0.6 is 0 Å². The molecule has 4 nitrogen and oxygen atoms in total. The highest BCUT2D eigenvalue weighted by Gasteiger charge is 2.16. The van der Waals surface area contributed by atoms with E-state index in [-0.39, 0.29) is 11.9 Å². The Hall–Kier alpha value is -1.06. The molecule has 0 atom stereocenters. The summed E-state index contributed by atoms with van der Waals surface area (Å²) in [6.45, 7) is 5.76. The summed E-state index contributed by atoms with van der Waals surface area (Å²) in [5, 5.41) is 0. The zero-order valence-electron chi connectivity index (χ0n) is 18.9. The SMILES string of the molecule is CCCCCCCCCCCCCCCCCC(OC(=O)CC)OC(=O)CC. The molecule has 166 valence electrons. The fraction of sp³-hybridized carbons (Fsp3) is 0.917. The molecule has 0 saturated heterocycles. The van der Waals surface area contributed by atoms with Crippen molar-refractivity contribution >= 4 is 11.9 Å². The van der Waals surface area contributed by atoms with E-state index < -0.39 is 6.29 Å². The Morgan fingerprint density at radius 2 is 0.857 bits per heavy atom. The van der Waals surface area contributed by atoms with E-state index in [4.69, 9.17) is 9.47 Å². The predicted molar refractivity (Wildman–Crippen MR) is 116 cm³/mol. The van der Waals surface area contributed by atoms with Crippen molar-refractivity contribution in [3.05, 3.63) is 0 Å². The quantitative estimate of drug-likeness (QED) is 0.121. The van der Waals surface area contributed by atoms with E-state index in [2.05, 4.69) is 6.92 Å². The van der Waals surface area contributed by atoms with Crippen LogP contribution in [0.5, 0.6) is 0 Å². The van der Waals surface area contributed by atoms with Crippen molar-refractivity contribution in [2.75, 3.05) is 0 Å². The fourth-order valence-electron chi connectivity index (χ4n) is 3.28. The number of carbonyl (C=O) groups excluding carboxylic acids is 2. The summed E-state index contributed by atoms with van der Waals surface area (Å²) in [6, 6.07) is 0. The van der Waals surface area contributed by atoms with Gasteiger partial charge in [-0.1, -0.05) is 111 Å². The van der Waals surface area contributed by atoms with Gasteiger partial charge < -0.3 is 9.47 Å². The Labute approximate surface area is 174 Å². The monoisotopic (exact) mass is 398 g/mol. The minimum absolute atomic E-state index is 0.305. The van der Waals surface area contributed by atoms with Crippen LogP contribution in [-0.4, -0.2) is 18.2 Å². The normalized spacial score (nSPS) is 11.0. The van der Waals surface area contributed by atoms with Gasteiger partial charge in [0.25, 0.3) is 0 Å². The van der Waals surface area contributed by atoms with Crippen LogP contribution in [0.1, 0.15) is 136 Å². The van der Waals surface area contributed by atoms with Crippen molar-refractivity contribution in [1.82, 2.24) is 0 Å². The number of esters is 2. The molecule has 0 amide bonds. The molecular formula is C24H46O4. The van der Waals surface area contributed by atoms with E-state index in [9.17, 15) is 9.59 Å². The van der Waals surface area contributed by atoms with Crippen LogP contribution in [0, 0.1) is 0 Å². The average Bonchev–Trinajstić information content (AvgIpc) is 2.70. The Kier molecular flexibility index (Phi) is 19.9. The molecular weight excluding hydrogens is 352 g/mol. The van der Waals surface area contributed by atoms with Gasteiger partial charge in [0, 0.05) is 19.3 Å². The summed E-state index contributed by atoms with van der Waals surface area (Å²) < 4.78 is 10.4. The maximum absolute atomic E-state index is 11.4. The van der Waals surface area contributed by atoms with E-state index in [0.29, 0.717) is 19.3 Å². The lowest BCUT2D eigenvalue weighted by Gasteiger charge is -2.17. The molecule has 0 aliphatic rings. The van der Waals surface area contributed by atoms with Crippen LogP contribution in [0.15, 0.2) is 0 Å². The topological polar surface area (TPSA) is 52.6 Å². The fourth-order valence-corrected chi connectivity index (χ4v) is 3.28. The number of rotatable bonds is 20. The lowest BCUT2D eigenvalue weighted by atomic mass is 10.0. The summed E-state index contributed by atoms with van der Waals surface area (Å²) in [5.74, 6) is -0.621. The molecule has 0 aliphatic heterocycles. The third-order valence-corrected chi connectivity index (χ3v) is 5.15. The predicted octanol–water partition coefficient (Wildman–Crippen LogP) is 7.48. The molecule has 0 N–H and O–H groups in total. The second-order valence-electron chi connectivity index (χ2n) is 7.85. The molecule has 0 fully saturated rings. The van der Waals surface area contributed by atoms with Gasteiger partial charge in [-0.15, -0.1) is 0 Å². The van der Waals surface area contributed by atoms with Gasteiger partial charge in [0.2, 0.25) is 6.29 Å². The first-order valence-corrected chi connectivity index (χ1v) is 12.0. The van der Waals surface area contributed by atoms with Crippen molar-refractivity contribution in [1.29, 1.82) is 0 Å². The number of hydrogen-bond acceptors (Lipinski definition) is 4. The van der Waals surface area contributed by atoms with Gasteiger partial charge in [0.1, 0.15) is 0 Å². The van der Waals surface area contributed by atoms with Gasteiger partial charge in [-0.25, -0.2) is 0 Å². The Balaban J connectivity index is 3.50. The van der Waals surface area contributed by atoms with Crippen LogP contribution in [0.2, 0.25) is 0 Å². The molecule has 28 heavy (non-hydrogen) atoms. The highest BCUT2D eigenvalue weighted by molar-refractivity contribution is 5.71. The molecule has 0 heterocycles. The number of hydrogen-bond donors (Lipinski definition) is 0. The lowest BCUT2D eigenvalue weighted by Crippen LogP contribution is -2.24. The van der Waals surface area contributed by atoms with Crippen molar-refractivity contribution in [3.63, 3.8) is 0 Å². The van der Waals surface area contributed by atoms with Gasteiger partial charge in [-0.05, 0) is 6.42 Å². The van der Waals surface area contributed by atoms with E-state index >= 15 is 0 Å². The molecule has 0 radical (unpaired) electrons. The smallest absolute Gasteiger partial charge is 0.308 e. The second-order valence-corrected chi connectivity index (χ2v) is 7.85. The third kappa shape index (κ3) is 18.3. The van der Waals surface area contributed by atoms with Gasteiger partial charge in [0.05, 0.1) is 0 Å². The van der Waals surface area contributed by atoms with Crippen molar-refractivity contribution in [2.24, 2.45) is 0 Å². The zero-order chi connectivity index (χ0) is 20.9. The molecule has 0 aliphatic carbocycles. The summed E-state index contributed by atoms with van der Waals surface area (Å²) in [4.78, 5) is 22.9. The van der Waals surface area contributed by atoms with Crippen molar-refractivity contribution in [2.45, 2.75) is 143 Å². The summed E-state index contributed by atoms with van der Waals surface area (Å²) >= 11 is 0. The van der Waals surface area contributed by atoms with Crippen LogP contribution in [0.3, 0.4) is 0 Å². The maximum Gasteiger partial charge on any atom is 0.308 e. The maximum atomic E-state index is 11.4. The molecule has 0 aromatic heterocycles. The Bertz CT molecular complexity index is 350. The first-order valence-electron chi connectivity index (χ1n) is 12.0. The first kappa shape index (κ1) is 26.9. The number of ether oxygens (including phenoxy) is 2. The van der Waals surface area contributed by atoms with E-state index in [1.165, 1.54) is 83.5 Å². The minimum atomic E-state index is -0.707. The molecule has 0 spiro atoms. The number of unbranched alkanes of at least 4 members (excludes halogenated alkanes) is 14. The molecule has 4 heteroatoms. The average molecular weight is 399 g/mol. The van der Waals surface area contributed by atoms with E-state index in [1.54, 1.807) is 13.8 Å². The van der Waals surface area contributed by atoms with Crippen LogP contribution in [0.25, 0.3) is 0 Å². The minimum Gasteiger partial charge on any atom is -0.425 e. The largest absolute Gasteiger partial charge is 0.425 e. The molecule has 0 aromatic rings. The zero-order valence-corrected chi connectivity index (χ0v) is 18.9. The molecule has 0 unspecified atom stereocenters. The van der Waals surface area contributed by atoms with Gasteiger partial charge in [0.15, 0.2) is 0 Å². The Morgan fingerprint density at radius 1 is 0.536 bits per heavy atom. The van der Waals surface area contributed by atoms with Crippen molar-refractivity contribution < 1.29 is 19.1 Å². The molecule has 0 saturated carbocycles. The van der Waals surface area contributed by atoms with E-state index in [0.717, 1.165) is 12.8 Å². The highest BCUT2D eigenvalue weighted by atomic mass is 16.7. The number of carbonyl (C=O) groups is 2. The van der Waals surface area contributed by atoms with E-state index in [1.807, 2.05) is 0 Å². The second kappa shape index (κ2) is 20.7. The highest BCUT2D eigenvalue weighted by Crippen LogP contribution is 2.15. The third-order valence-electron chi connectivity index (χ3n) is 5.15. The van der Waals surface area contributed by atoms with Gasteiger partial charge in [-0.2, -0.15) is 0 Å². The lowest BCUT2D eigenvalue weighted by molar-refractivity contribution is -0.188. The van der Waals surface area contributed by atoms with Crippen LogP contribution in [0.4, 0.5) is 0 Å². The van der Waals surface area contributed by atoms with Gasteiger partial charge in [-0.3, -0.25) is 9.59 Å². The van der Waals surface area contributed by atoms with Crippen LogP contribution in [-0.2, 0) is 19.1 Å².